The fraction of sp³-hybridized carbons (Fsp3) is 0.636. The van der Waals surface area contributed by atoms with Crippen molar-refractivity contribution in [2.24, 2.45) is 18.9 Å². The number of carbonyl (C=O) groups excluding carboxylic acids is 1. The average Bonchev–Trinajstić information content (AvgIpc) is 2.63. The molecule has 6 heteroatoms. The summed E-state index contributed by atoms with van der Waals surface area (Å²) in [6.45, 7) is 1.63. The third kappa shape index (κ3) is 4.43. The van der Waals surface area contributed by atoms with Crippen LogP contribution in [0.15, 0.2) is 12.5 Å². The summed E-state index contributed by atoms with van der Waals surface area (Å²) in [5.41, 5.74) is 0.916. The normalized spacial score (nSPS) is 13.8. The van der Waals surface area contributed by atoms with Crippen LogP contribution in [-0.2, 0) is 18.3 Å². The molecule has 1 aromatic heterocycles. The van der Waals surface area contributed by atoms with Gasteiger partial charge in [-0.25, -0.2) is 4.98 Å². The predicted molar refractivity (Wildman–Crippen MR) is 56.3 cm³/mol. The number of nitrogens with zero attached hydrogens (tertiary/aromatic N) is 2. The van der Waals surface area contributed by atoms with E-state index in [9.17, 15) is 15.0 Å². The summed E-state index contributed by atoms with van der Waals surface area (Å²) in [7, 11) is 1.84. The molecule has 2 unspecified atom stereocenters. The Hall–Kier alpha value is -0.360. The van der Waals surface area contributed by atoms with E-state index < -0.39 is 11.9 Å². The van der Waals surface area contributed by atoms with Crippen LogP contribution in [-0.4, -0.2) is 27.2 Å². The molecule has 1 N–H and O–H groups in total. The number of aliphatic hydroxyl groups excluding tert-OH is 1. The first-order chi connectivity index (χ1) is 7.60. The van der Waals surface area contributed by atoms with E-state index in [0.29, 0.717) is 12.8 Å². The summed E-state index contributed by atoms with van der Waals surface area (Å²) < 4.78 is 1.82. The Kier molecular flexibility index (Phi) is 7.70. The van der Waals surface area contributed by atoms with E-state index in [4.69, 9.17) is 0 Å². The van der Waals surface area contributed by atoms with Gasteiger partial charge in [-0.05, 0) is 18.8 Å². The molecule has 1 aromatic rings. The molecule has 0 fully saturated rings. The summed E-state index contributed by atoms with van der Waals surface area (Å²) in [6.07, 6.45) is 4.30. The van der Waals surface area contributed by atoms with Gasteiger partial charge in [0.25, 0.3) is 0 Å². The van der Waals surface area contributed by atoms with Gasteiger partial charge in [-0.15, -0.1) is 0 Å². The quantitative estimate of drug-likeness (QED) is 0.527. The zero-order valence-electron chi connectivity index (χ0n) is 10.6. The number of hydrogen-bond acceptors (Lipinski definition) is 4. The minimum atomic E-state index is -1.09. The van der Waals surface area contributed by atoms with E-state index in [-0.39, 0.29) is 42.1 Å². The molecule has 2 atom stereocenters. The predicted octanol–water partition coefficient (Wildman–Crippen LogP) is -3.65. The Morgan fingerprint density at radius 2 is 2.29 bits per heavy atom. The number of rotatable bonds is 6. The molecule has 1 rings (SSSR count). The van der Waals surface area contributed by atoms with Gasteiger partial charge in [0, 0.05) is 37.4 Å². The topological polar surface area (TPSA) is 78.2 Å². The molecule has 0 aliphatic rings. The zero-order valence-corrected chi connectivity index (χ0v) is 12.6. The number of imidazole rings is 1. The molecule has 0 amide bonds. The van der Waals surface area contributed by atoms with Crippen molar-refractivity contribution in [3.8, 4) is 0 Å². The van der Waals surface area contributed by atoms with Crippen LogP contribution in [0, 0.1) is 11.8 Å². The summed E-state index contributed by atoms with van der Waals surface area (Å²) in [4.78, 5) is 14.9. The van der Waals surface area contributed by atoms with Crippen molar-refractivity contribution in [1.82, 2.24) is 9.55 Å². The second-order valence-electron chi connectivity index (χ2n) is 3.98. The summed E-state index contributed by atoms with van der Waals surface area (Å²) in [5.74, 6) is -2.02. The maximum Gasteiger partial charge on any atom is 1.00 e. The Morgan fingerprint density at radius 3 is 2.65 bits per heavy atom. The molecule has 0 saturated heterocycles. The van der Waals surface area contributed by atoms with E-state index in [1.165, 1.54) is 0 Å². The van der Waals surface area contributed by atoms with E-state index in [0.717, 1.165) is 5.69 Å². The fourth-order valence-electron chi connectivity index (χ4n) is 1.88. The van der Waals surface area contributed by atoms with Gasteiger partial charge in [-0.3, -0.25) is 0 Å². The Morgan fingerprint density at radius 1 is 1.65 bits per heavy atom. The molecular weight excluding hydrogens is 231 g/mol. The monoisotopic (exact) mass is 248 g/mol. The van der Waals surface area contributed by atoms with Crippen molar-refractivity contribution in [2.45, 2.75) is 19.8 Å². The Bertz CT molecular complexity index is 354. The van der Waals surface area contributed by atoms with Crippen LogP contribution in [0.2, 0.25) is 0 Å². The van der Waals surface area contributed by atoms with Gasteiger partial charge in [0.05, 0.1) is 6.33 Å². The van der Waals surface area contributed by atoms with Crippen LogP contribution in [0.3, 0.4) is 0 Å². The van der Waals surface area contributed by atoms with Gasteiger partial charge in [0.15, 0.2) is 0 Å². The van der Waals surface area contributed by atoms with Gasteiger partial charge in [-0.2, -0.15) is 0 Å². The molecule has 0 bridgehead atoms. The minimum Gasteiger partial charge on any atom is -0.550 e. The van der Waals surface area contributed by atoms with Gasteiger partial charge in [-0.1, -0.05) is 6.92 Å². The van der Waals surface area contributed by atoms with Crippen LogP contribution in [0.5, 0.6) is 0 Å². The van der Waals surface area contributed by atoms with Gasteiger partial charge < -0.3 is 19.6 Å². The average molecular weight is 248 g/mol. The molecule has 0 spiro atoms. The molecule has 0 saturated carbocycles. The SMILES string of the molecule is CCC(C(=O)[O-])C(CO)Cc1cncn1C.[Na+]. The Balaban J connectivity index is 0.00000256. The van der Waals surface area contributed by atoms with Crippen LogP contribution in [0.4, 0.5) is 0 Å². The standard InChI is InChI=1S/C11H18N2O3.Na/c1-3-10(11(15)16)8(6-14)4-9-5-12-7-13(9)2;/h5,7-8,10,14H,3-4,6H2,1-2H3,(H,15,16);/q;+1/p-1. The third-order valence-corrected chi connectivity index (χ3v) is 2.93. The van der Waals surface area contributed by atoms with E-state index in [2.05, 4.69) is 4.98 Å². The van der Waals surface area contributed by atoms with Crippen LogP contribution < -0.4 is 34.7 Å². The maximum atomic E-state index is 10.9. The summed E-state index contributed by atoms with van der Waals surface area (Å²) in [5, 5.41) is 20.1. The second-order valence-corrected chi connectivity index (χ2v) is 3.98. The van der Waals surface area contributed by atoms with Crippen LogP contribution in [0.25, 0.3) is 0 Å². The number of aryl methyl sites for hydroxylation is 1. The summed E-state index contributed by atoms with van der Waals surface area (Å²) >= 11 is 0. The van der Waals surface area contributed by atoms with Crippen molar-refractivity contribution in [3.63, 3.8) is 0 Å². The van der Waals surface area contributed by atoms with E-state index in [1.54, 1.807) is 19.4 Å². The largest absolute Gasteiger partial charge is 1.00 e. The molecule has 17 heavy (non-hydrogen) atoms. The van der Waals surface area contributed by atoms with Gasteiger partial charge in [0.2, 0.25) is 0 Å². The molecule has 90 valence electrons. The molecule has 0 radical (unpaired) electrons. The molecule has 0 aliphatic heterocycles. The number of carbonyl (C=O) groups is 1. The minimum absolute atomic E-state index is 0. The maximum absolute atomic E-state index is 10.9. The summed E-state index contributed by atoms with van der Waals surface area (Å²) in [6, 6.07) is 0. The molecule has 5 nitrogen and oxygen atoms in total. The van der Waals surface area contributed by atoms with Crippen LogP contribution in [0.1, 0.15) is 19.0 Å². The van der Waals surface area contributed by atoms with Crippen molar-refractivity contribution >= 4 is 5.97 Å². The van der Waals surface area contributed by atoms with Crippen molar-refractivity contribution in [1.29, 1.82) is 0 Å². The van der Waals surface area contributed by atoms with Crippen molar-refractivity contribution < 1.29 is 44.6 Å². The molecule has 0 aliphatic carbocycles. The fourth-order valence-corrected chi connectivity index (χ4v) is 1.88. The molecule has 0 aromatic carbocycles. The van der Waals surface area contributed by atoms with Crippen molar-refractivity contribution in [3.05, 3.63) is 18.2 Å². The number of carboxylic acid groups (broad SMARTS) is 1. The third-order valence-electron chi connectivity index (χ3n) is 2.93. The first-order valence-corrected chi connectivity index (χ1v) is 5.37. The van der Waals surface area contributed by atoms with E-state index >= 15 is 0 Å². The number of carboxylic acids is 1. The van der Waals surface area contributed by atoms with Gasteiger partial charge in [0.1, 0.15) is 0 Å². The Labute approximate surface area is 123 Å². The number of hydrogen-bond donors (Lipinski definition) is 1. The van der Waals surface area contributed by atoms with Gasteiger partial charge >= 0.3 is 29.6 Å². The van der Waals surface area contributed by atoms with E-state index in [1.807, 2.05) is 11.6 Å². The smallest absolute Gasteiger partial charge is 0.550 e. The first kappa shape index (κ1) is 16.6. The number of aliphatic hydroxyl groups is 1. The first-order valence-electron chi connectivity index (χ1n) is 5.37. The molecular formula is C11H17N2NaO3. The second kappa shape index (κ2) is 7.87. The zero-order chi connectivity index (χ0) is 12.1. The molecule has 1 heterocycles. The van der Waals surface area contributed by atoms with Crippen molar-refractivity contribution in [2.75, 3.05) is 6.61 Å². The number of aromatic nitrogens is 2. The number of aliphatic carboxylic acids is 1. The van der Waals surface area contributed by atoms with Crippen LogP contribution >= 0.6 is 0 Å².